The Kier molecular flexibility index (Phi) is 3.87. The van der Waals surface area contributed by atoms with E-state index in [-0.39, 0.29) is 5.41 Å². The van der Waals surface area contributed by atoms with E-state index >= 15 is 0 Å². The second-order valence-electron chi connectivity index (χ2n) is 10.7. The van der Waals surface area contributed by atoms with Crippen LogP contribution in [-0.4, -0.2) is 43.0 Å². The van der Waals surface area contributed by atoms with Crippen LogP contribution in [0.5, 0.6) is 0 Å². The van der Waals surface area contributed by atoms with Crippen molar-refractivity contribution in [1.82, 2.24) is 19.7 Å². The van der Waals surface area contributed by atoms with Gasteiger partial charge in [-0.2, -0.15) is 10.4 Å². The van der Waals surface area contributed by atoms with E-state index in [0.717, 1.165) is 54.5 Å². The van der Waals surface area contributed by atoms with Gasteiger partial charge in [0.2, 0.25) is 0 Å². The second-order valence-corrected chi connectivity index (χ2v) is 10.7. The Labute approximate surface area is 187 Å². The van der Waals surface area contributed by atoms with E-state index in [1.165, 1.54) is 0 Å². The summed E-state index contributed by atoms with van der Waals surface area (Å²) in [5.41, 5.74) is 0.770. The van der Waals surface area contributed by atoms with Gasteiger partial charge in [0.05, 0.1) is 28.8 Å². The molecule has 2 saturated heterocycles. The third kappa shape index (κ3) is 2.65. The maximum atomic E-state index is 10.7. The molecule has 1 N–H and O–H groups in total. The topological polar surface area (TPSA) is 90.9 Å². The zero-order valence-corrected chi connectivity index (χ0v) is 18.8. The van der Waals surface area contributed by atoms with E-state index in [1.54, 1.807) is 6.33 Å². The lowest BCUT2D eigenvalue weighted by atomic mass is 9.61. The number of aromatic nitrogens is 4. The molecule has 0 spiro atoms. The van der Waals surface area contributed by atoms with E-state index in [1.807, 2.05) is 37.7 Å². The first-order valence-electron chi connectivity index (χ1n) is 11.5. The molecule has 1 aromatic carbocycles. The van der Waals surface area contributed by atoms with Crippen LogP contribution in [0.15, 0.2) is 36.8 Å². The Bertz CT molecular complexity index is 1260. The average molecular weight is 429 g/mol. The van der Waals surface area contributed by atoms with Crippen molar-refractivity contribution in [2.75, 3.05) is 11.4 Å². The summed E-state index contributed by atoms with van der Waals surface area (Å²) in [7, 11) is 0. The highest BCUT2D eigenvalue weighted by Crippen LogP contribution is 2.58. The predicted molar refractivity (Wildman–Crippen MR) is 121 cm³/mol. The van der Waals surface area contributed by atoms with Crippen LogP contribution in [0.1, 0.15) is 52.0 Å². The maximum absolute atomic E-state index is 10.7. The number of hydrogen-bond donors (Lipinski definition) is 1. The molecule has 2 aromatic heterocycles. The molecule has 1 unspecified atom stereocenters. The molecule has 4 aliphatic rings. The quantitative estimate of drug-likeness (QED) is 0.666. The summed E-state index contributed by atoms with van der Waals surface area (Å²) in [6.45, 7) is 6.70. The molecule has 0 radical (unpaired) electrons. The number of benzene rings is 1. The normalized spacial score (nSPS) is 26.6. The summed E-state index contributed by atoms with van der Waals surface area (Å²) < 4.78 is 1.85. The van der Waals surface area contributed by atoms with Crippen molar-refractivity contribution in [3.05, 3.63) is 42.4 Å². The molecule has 164 valence electrons. The van der Waals surface area contributed by atoms with Gasteiger partial charge in [-0.25, -0.2) is 14.6 Å². The molecule has 7 rings (SSSR count). The van der Waals surface area contributed by atoms with Crippen molar-refractivity contribution >= 4 is 16.7 Å². The second kappa shape index (κ2) is 6.29. The largest absolute Gasteiger partial charge is 0.390 e. The Morgan fingerprint density at radius 2 is 1.88 bits per heavy atom. The van der Waals surface area contributed by atoms with Crippen molar-refractivity contribution in [3.63, 3.8) is 0 Å². The van der Waals surface area contributed by atoms with Crippen LogP contribution in [-0.2, 0) is 5.41 Å². The number of nitriles is 1. The molecule has 4 fully saturated rings. The van der Waals surface area contributed by atoms with Crippen molar-refractivity contribution < 1.29 is 5.11 Å². The summed E-state index contributed by atoms with van der Waals surface area (Å²) in [6, 6.07) is 11.2. The first kappa shape index (κ1) is 19.7. The first-order chi connectivity index (χ1) is 15.2. The molecule has 0 amide bonds. The Balaban J connectivity index is 1.37. The molecular formula is C25H28N6O. The lowest BCUT2D eigenvalue weighted by Crippen LogP contribution is -2.50. The summed E-state index contributed by atoms with van der Waals surface area (Å²) in [5.74, 6) is 2.02. The lowest BCUT2D eigenvalue weighted by Gasteiger charge is -2.45. The van der Waals surface area contributed by atoms with Gasteiger partial charge in [0.15, 0.2) is 5.82 Å². The summed E-state index contributed by atoms with van der Waals surface area (Å²) in [5, 5.41) is 26.2. The fourth-order valence-corrected chi connectivity index (χ4v) is 5.79. The van der Waals surface area contributed by atoms with Crippen LogP contribution in [0.4, 0.5) is 5.82 Å². The number of anilines is 1. The minimum absolute atomic E-state index is 0.0549. The molecule has 4 heterocycles. The molecule has 7 heteroatoms. The van der Waals surface area contributed by atoms with E-state index < -0.39 is 11.0 Å². The molecule has 2 aliphatic heterocycles. The zero-order valence-electron chi connectivity index (χ0n) is 18.8. The first-order valence-corrected chi connectivity index (χ1v) is 11.5. The van der Waals surface area contributed by atoms with Crippen molar-refractivity contribution in [3.8, 4) is 11.9 Å². The third-order valence-electron chi connectivity index (χ3n) is 8.41. The van der Waals surface area contributed by atoms with Crippen molar-refractivity contribution in [2.45, 2.75) is 63.5 Å². The number of nitrogens with zero attached hydrogens (tertiary/aromatic N) is 6. The zero-order chi connectivity index (χ0) is 22.3. The molecule has 2 aliphatic carbocycles. The highest BCUT2D eigenvalue weighted by Gasteiger charge is 2.62. The highest BCUT2D eigenvalue weighted by molar-refractivity contribution is 5.81. The minimum atomic E-state index is -0.697. The van der Waals surface area contributed by atoms with Crippen LogP contribution in [0.2, 0.25) is 0 Å². The van der Waals surface area contributed by atoms with Crippen LogP contribution in [0.25, 0.3) is 16.7 Å². The van der Waals surface area contributed by atoms with Gasteiger partial charge >= 0.3 is 0 Å². The monoisotopic (exact) mass is 428 g/mol. The molecular weight excluding hydrogens is 400 g/mol. The molecule has 2 bridgehead atoms. The van der Waals surface area contributed by atoms with E-state index in [9.17, 15) is 10.4 Å². The predicted octanol–water partition coefficient (Wildman–Crippen LogP) is 3.75. The summed E-state index contributed by atoms with van der Waals surface area (Å²) in [6.07, 6.45) is 7.66. The Morgan fingerprint density at radius 3 is 2.53 bits per heavy atom. The molecule has 3 aromatic rings. The van der Waals surface area contributed by atoms with Crippen LogP contribution in [0, 0.1) is 22.7 Å². The van der Waals surface area contributed by atoms with Gasteiger partial charge in [-0.05, 0) is 64.0 Å². The molecule has 32 heavy (non-hydrogen) atoms. The Morgan fingerprint density at radius 1 is 1.12 bits per heavy atom. The average Bonchev–Trinajstić information content (AvgIpc) is 3.25. The van der Waals surface area contributed by atoms with E-state index in [0.29, 0.717) is 17.8 Å². The summed E-state index contributed by atoms with van der Waals surface area (Å²) in [4.78, 5) is 11.4. The lowest BCUT2D eigenvalue weighted by molar-refractivity contribution is -0.0754. The van der Waals surface area contributed by atoms with Gasteiger partial charge in [0.25, 0.3) is 0 Å². The maximum Gasteiger partial charge on any atom is 0.159 e. The van der Waals surface area contributed by atoms with Crippen LogP contribution in [0.3, 0.4) is 0 Å². The van der Waals surface area contributed by atoms with Gasteiger partial charge < -0.3 is 10.0 Å². The fraction of sp³-hybridized carbons (Fsp3) is 0.520. The number of rotatable bonds is 5. The van der Waals surface area contributed by atoms with Gasteiger partial charge in [-0.1, -0.05) is 12.1 Å². The van der Waals surface area contributed by atoms with Crippen LogP contribution >= 0.6 is 0 Å². The van der Waals surface area contributed by atoms with Gasteiger partial charge in [-0.15, -0.1) is 0 Å². The van der Waals surface area contributed by atoms with Gasteiger partial charge in [-0.3, -0.25) is 0 Å². The number of aliphatic hydroxyl groups is 1. The standard InChI is InChI=1S/C25H28N6O/c1-23(2,32)25-10-19(11-25)30(14-25)21-9-22(28-15-27-21)31-20-8-18(5-4-16(20)12-29-31)24(3,13-26)17-6-7-17/h4-5,8-9,12,15,17,19,32H,6-7,10-11,14H2,1-3H3. The fourth-order valence-electron chi connectivity index (χ4n) is 5.79. The van der Waals surface area contributed by atoms with Gasteiger partial charge in [0, 0.05) is 29.5 Å². The number of hydrogen-bond acceptors (Lipinski definition) is 6. The third-order valence-corrected chi connectivity index (χ3v) is 8.41. The number of fused-ring (bicyclic) bond motifs is 2. The smallest absolute Gasteiger partial charge is 0.159 e. The minimum Gasteiger partial charge on any atom is -0.390 e. The van der Waals surface area contributed by atoms with Crippen molar-refractivity contribution in [1.29, 1.82) is 5.26 Å². The molecule has 7 nitrogen and oxygen atoms in total. The molecule has 1 atom stereocenters. The van der Waals surface area contributed by atoms with E-state index in [4.69, 9.17) is 0 Å². The highest BCUT2D eigenvalue weighted by atomic mass is 16.3. The SMILES string of the molecule is CC(C#N)(c1ccc2cnn(-c3cc(N4CC5(C(C)(C)O)CC4C5)ncn3)c2c1)C1CC1. The summed E-state index contributed by atoms with van der Waals surface area (Å²) >= 11 is 0. The van der Waals surface area contributed by atoms with Gasteiger partial charge in [0.1, 0.15) is 12.1 Å². The molecule has 2 saturated carbocycles. The van der Waals surface area contributed by atoms with E-state index in [2.05, 4.69) is 44.2 Å². The van der Waals surface area contributed by atoms with Crippen molar-refractivity contribution in [2.24, 2.45) is 11.3 Å². The Hall–Kier alpha value is -2.98. The van der Waals surface area contributed by atoms with Crippen LogP contribution < -0.4 is 4.90 Å².